The fourth-order valence-electron chi connectivity index (χ4n) is 3.81. The summed E-state index contributed by atoms with van der Waals surface area (Å²) in [4.78, 5) is 16.5. The van der Waals surface area contributed by atoms with Crippen molar-refractivity contribution >= 4 is 17.3 Å². The Bertz CT molecular complexity index is 562. The highest BCUT2D eigenvalue weighted by Crippen LogP contribution is 2.29. The molecule has 2 heterocycles. The summed E-state index contributed by atoms with van der Waals surface area (Å²) in [7, 11) is 2.21. The number of likely N-dealkylation sites (tertiary alicyclic amines) is 1. The van der Waals surface area contributed by atoms with Crippen molar-refractivity contribution in [3.05, 3.63) is 23.8 Å². The number of anilines is 2. The van der Waals surface area contributed by atoms with Gasteiger partial charge in [-0.25, -0.2) is 0 Å². The molecule has 0 unspecified atom stereocenters. The van der Waals surface area contributed by atoms with Crippen molar-refractivity contribution in [3.63, 3.8) is 0 Å². The van der Waals surface area contributed by atoms with Crippen molar-refractivity contribution in [2.24, 2.45) is 5.92 Å². The molecule has 0 atom stereocenters. The normalized spacial score (nSPS) is 19.6. The first kappa shape index (κ1) is 16.3. The van der Waals surface area contributed by atoms with Crippen molar-refractivity contribution in [2.45, 2.75) is 45.6 Å². The number of fused-ring (bicyclic) bond motifs is 1. The molecule has 1 aromatic rings. The fraction of sp³-hybridized carbons (Fsp3) is 0.632. The summed E-state index contributed by atoms with van der Waals surface area (Å²) >= 11 is 0. The fourth-order valence-corrected chi connectivity index (χ4v) is 3.81. The number of hydrogen-bond acceptors (Lipinski definition) is 3. The van der Waals surface area contributed by atoms with Gasteiger partial charge in [-0.3, -0.25) is 4.79 Å². The van der Waals surface area contributed by atoms with E-state index in [0.717, 1.165) is 18.0 Å². The summed E-state index contributed by atoms with van der Waals surface area (Å²) in [5.41, 5.74) is 3.54. The van der Waals surface area contributed by atoms with E-state index in [1.165, 1.54) is 43.7 Å². The quantitative estimate of drug-likeness (QED) is 0.927. The topological polar surface area (TPSA) is 35.6 Å². The van der Waals surface area contributed by atoms with Gasteiger partial charge < -0.3 is 15.1 Å². The molecule has 23 heavy (non-hydrogen) atoms. The van der Waals surface area contributed by atoms with Crippen LogP contribution in [0.4, 0.5) is 11.4 Å². The smallest absolute Gasteiger partial charge is 0.224 e. The van der Waals surface area contributed by atoms with Crippen molar-refractivity contribution in [1.82, 2.24) is 4.90 Å². The number of benzene rings is 1. The van der Waals surface area contributed by atoms with Crippen molar-refractivity contribution in [1.29, 1.82) is 0 Å². The molecular weight excluding hydrogens is 286 g/mol. The summed E-state index contributed by atoms with van der Waals surface area (Å²) in [5.74, 6) is 0.885. The zero-order chi connectivity index (χ0) is 16.4. The maximum Gasteiger partial charge on any atom is 0.224 e. The highest BCUT2D eigenvalue weighted by molar-refractivity contribution is 5.94. The summed E-state index contributed by atoms with van der Waals surface area (Å²) in [5, 5.41) is 2.97. The van der Waals surface area contributed by atoms with E-state index >= 15 is 0 Å². The molecule has 0 bridgehead atoms. The highest BCUT2D eigenvalue weighted by atomic mass is 16.1. The standard InChI is InChI=1S/C19H29N3O/c1-14(2)13-22-10-8-16(9-11-22)21(3)17-5-6-18-15(12-17)4-7-19(23)20-18/h5-6,12,14,16H,4,7-11,13H2,1-3H3,(H,20,23). The van der Waals surface area contributed by atoms with Crippen LogP contribution in [0.5, 0.6) is 0 Å². The molecule has 0 aromatic heterocycles. The number of nitrogens with zero attached hydrogens (tertiary/aromatic N) is 2. The lowest BCUT2D eigenvalue weighted by molar-refractivity contribution is -0.116. The number of nitrogens with one attached hydrogen (secondary N) is 1. The summed E-state index contributed by atoms with van der Waals surface area (Å²) < 4.78 is 0. The molecule has 1 saturated heterocycles. The molecule has 3 rings (SSSR count). The average molecular weight is 315 g/mol. The van der Waals surface area contributed by atoms with Gasteiger partial charge in [0, 0.05) is 50.5 Å². The molecule has 0 spiro atoms. The van der Waals surface area contributed by atoms with E-state index in [9.17, 15) is 4.79 Å². The van der Waals surface area contributed by atoms with Gasteiger partial charge in [0.15, 0.2) is 0 Å². The minimum absolute atomic E-state index is 0.135. The molecular formula is C19H29N3O. The average Bonchev–Trinajstić information content (AvgIpc) is 2.54. The molecule has 1 amide bonds. The van der Waals surface area contributed by atoms with E-state index in [4.69, 9.17) is 0 Å². The van der Waals surface area contributed by atoms with Gasteiger partial charge >= 0.3 is 0 Å². The molecule has 4 nitrogen and oxygen atoms in total. The molecule has 126 valence electrons. The van der Waals surface area contributed by atoms with E-state index in [1.54, 1.807) is 0 Å². The third-order valence-corrected chi connectivity index (χ3v) is 5.12. The minimum atomic E-state index is 0.135. The molecule has 2 aliphatic heterocycles. The van der Waals surface area contributed by atoms with Crippen LogP contribution in [0, 0.1) is 5.92 Å². The van der Waals surface area contributed by atoms with Crippen LogP contribution in [0.2, 0.25) is 0 Å². The number of carbonyl (C=O) groups excluding carboxylic acids is 1. The van der Waals surface area contributed by atoms with Crippen LogP contribution in [0.1, 0.15) is 38.7 Å². The third kappa shape index (κ3) is 3.86. The number of amides is 1. The zero-order valence-corrected chi connectivity index (χ0v) is 14.6. The Morgan fingerprint density at radius 2 is 2.00 bits per heavy atom. The van der Waals surface area contributed by atoms with Gasteiger partial charge in [0.05, 0.1) is 0 Å². The minimum Gasteiger partial charge on any atom is -0.372 e. The predicted octanol–water partition coefficient (Wildman–Crippen LogP) is 3.13. The highest BCUT2D eigenvalue weighted by Gasteiger charge is 2.24. The van der Waals surface area contributed by atoms with Gasteiger partial charge in [0.2, 0.25) is 5.91 Å². The zero-order valence-electron chi connectivity index (χ0n) is 14.6. The van der Waals surface area contributed by atoms with Crippen LogP contribution in [0.3, 0.4) is 0 Å². The molecule has 1 aromatic carbocycles. The Hall–Kier alpha value is -1.55. The third-order valence-electron chi connectivity index (χ3n) is 5.12. The van der Waals surface area contributed by atoms with Gasteiger partial charge in [-0.05, 0) is 48.9 Å². The first-order chi connectivity index (χ1) is 11.0. The number of piperidine rings is 1. The maximum atomic E-state index is 11.5. The Balaban J connectivity index is 1.63. The van der Waals surface area contributed by atoms with Gasteiger partial charge in [-0.2, -0.15) is 0 Å². The van der Waals surface area contributed by atoms with Gasteiger partial charge in [0.1, 0.15) is 0 Å². The van der Waals surface area contributed by atoms with Gasteiger partial charge in [-0.15, -0.1) is 0 Å². The van der Waals surface area contributed by atoms with E-state index in [1.807, 2.05) is 0 Å². The van der Waals surface area contributed by atoms with Gasteiger partial charge in [0.25, 0.3) is 0 Å². The number of hydrogen-bond donors (Lipinski definition) is 1. The first-order valence-corrected chi connectivity index (χ1v) is 8.91. The van der Waals surface area contributed by atoms with E-state index in [2.05, 4.69) is 54.2 Å². The molecule has 0 saturated carbocycles. The van der Waals surface area contributed by atoms with Crippen LogP contribution < -0.4 is 10.2 Å². The SMILES string of the molecule is CC(C)CN1CCC(N(C)c2ccc3c(c2)CCC(=O)N3)CC1. The number of carbonyl (C=O) groups is 1. The predicted molar refractivity (Wildman–Crippen MR) is 96.1 cm³/mol. The number of aryl methyl sites for hydroxylation is 1. The molecule has 2 aliphatic rings. The Kier molecular flexibility index (Phi) is 4.90. The van der Waals surface area contributed by atoms with Crippen molar-refractivity contribution in [3.8, 4) is 0 Å². The summed E-state index contributed by atoms with van der Waals surface area (Å²) in [6, 6.07) is 7.08. The van der Waals surface area contributed by atoms with Crippen LogP contribution in [-0.4, -0.2) is 43.5 Å². The molecule has 0 aliphatic carbocycles. The lowest BCUT2D eigenvalue weighted by Crippen LogP contribution is -2.44. The Labute approximate surface area is 139 Å². The lowest BCUT2D eigenvalue weighted by Gasteiger charge is -2.38. The van der Waals surface area contributed by atoms with Crippen LogP contribution in [0.25, 0.3) is 0 Å². The van der Waals surface area contributed by atoms with E-state index in [0.29, 0.717) is 12.5 Å². The molecule has 1 N–H and O–H groups in total. The lowest BCUT2D eigenvalue weighted by atomic mass is 9.99. The van der Waals surface area contributed by atoms with Crippen molar-refractivity contribution in [2.75, 3.05) is 36.9 Å². The molecule has 1 fully saturated rings. The van der Waals surface area contributed by atoms with Crippen LogP contribution in [-0.2, 0) is 11.2 Å². The monoisotopic (exact) mass is 315 g/mol. The second-order valence-electron chi connectivity index (χ2n) is 7.43. The first-order valence-electron chi connectivity index (χ1n) is 8.91. The number of rotatable bonds is 4. The molecule has 4 heteroatoms. The molecule has 0 radical (unpaired) electrons. The van der Waals surface area contributed by atoms with Crippen molar-refractivity contribution < 1.29 is 4.79 Å². The Morgan fingerprint density at radius 1 is 1.26 bits per heavy atom. The Morgan fingerprint density at radius 3 is 2.70 bits per heavy atom. The van der Waals surface area contributed by atoms with Gasteiger partial charge in [-0.1, -0.05) is 13.8 Å². The van der Waals surface area contributed by atoms with Crippen LogP contribution in [0.15, 0.2) is 18.2 Å². The maximum absolute atomic E-state index is 11.5. The van der Waals surface area contributed by atoms with E-state index in [-0.39, 0.29) is 5.91 Å². The van der Waals surface area contributed by atoms with E-state index < -0.39 is 0 Å². The largest absolute Gasteiger partial charge is 0.372 e. The summed E-state index contributed by atoms with van der Waals surface area (Å²) in [6.45, 7) is 8.21. The second kappa shape index (κ2) is 6.91. The van der Waals surface area contributed by atoms with Crippen LogP contribution >= 0.6 is 0 Å². The summed E-state index contributed by atoms with van der Waals surface area (Å²) in [6.07, 6.45) is 3.93. The second-order valence-corrected chi connectivity index (χ2v) is 7.43.